The minimum Gasteiger partial charge on any atom is -0.363 e. The highest BCUT2D eigenvalue weighted by molar-refractivity contribution is 7.88. The second-order valence-electron chi connectivity index (χ2n) is 5.85. The molecular weight excluding hydrogens is 344 g/mol. The molecule has 3 rings (SSSR count). The standard InChI is InChI=1S/C16H20N4O4S/c21-16(17-15-6-11-24-18-15)12-19-7-9-20(10-8-19)25(22,23)13-14-4-2-1-3-5-14/h1-6,11H,7-10,12-13H2,(H,17,18,21). The van der Waals surface area contributed by atoms with Crippen LogP contribution in [-0.2, 0) is 20.6 Å². The fourth-order valence-electron chi connectivity index (χ4n) is 2.70. The predicted octanol–water partition coefficient (Wildman–Crippen LogP) is 0.761. The molecule has 1 N–H and O–H groups in total. The topological polar surface area (TPSA) is 95.8 Å². The highest BCUT2D eigenvalue weighted by Crippen LogP contribution is 2.13. The molecule has 1 aromatic carbocycles. The van der Waals surface area contributed by atoms with E-state index in [1.54, 1.807) is 6.07 Å². The van der Waals surface area contributed by atoms with Crippen LogP contribution in [0, 0.1) is 0 Å². The summed E-state index contributed by atoms with van der Waals surface area (Å²) < 4.78 is 31.2. The van der Waals surface area contributed by atoms with E-state index in [1.807, 2.05) is 35.2 Å². The molecule has 0 atom stereocenters. The lowest BCUT2D eigenvalue weighted by Crippen LogP contribution is -2.50. The number of carbonyl (C=O) groups is 1. The van der Waals surface area contributed by atoms with Gasteiger partial charge in [-0.1, -0.05) is 35.5 Å². The van der Waals surface area contributed by atoms with Crippen molar-refractivity contribution in [3.63, 3.8) is 0 Å². The van der Waals surface area contributed by atoms with Crippen LogP contribution in [0.4, 0.5) is 5.82 Å². The minimum atomic E-state index is -3.35. The predicted molar refractivity (Wildman–Crippen MR) is 92.2 cm³/mol. The Morgan fingerprint density at radius 2 is 1.84 bits per heavy atom. The molecule has 0 unspecified atom stereocenters. The van der Waals surface area contributed by atoms with Crippen molar-refractivity contribution in [2.45, 2.75) is 5.75 Å². The number of hydrogen-bond acceptors (Lipinski definition) is 6. The molecule has 134 valence electrons. The van der Waals surface area contributed by atoms with Crippen LogP contribution >= 0.6 is 0 Å². The van der Waals surface area contributed by atoms with E-state index in [1.165, 1.54) is 10.6 Å². The van der Waals surface area contributed by atoms with Crippen LogP contribution in [0.3, 0.4) is 0 Å². The van der Waals surface area contributed by atoms with Gasteiger partial charge in [0.2, 0.25) is 15.9 Å². The van der Waals surface area contributed by atoms with Crippen molar-refractivity contribution in [1.82, 2.24) is 14.4 Å². The second-order valence-corrected chi connectivity index (χ2v) is 7.82. The molecule has 9 heteroatoms. The number of benzene rings is 1. The lowest BCUT2D eigenvalue weighted by molar-refractivity contribution is -0.117. The van der Waals surface area contributed by atoms with E-state index in [4.69, 9.17) is 0 Å². The first-order chi connectivity index (χ1) is 12.0. The van der Waals surface area contributed by atoms with Crippen LogP contribution in [0.15, 0.2) is 47.2 Å². The lowest BCUT2D eigenvalue weighted by atomic mass is 10.2. The molecule has 1 amide bonds. The maximum absolute atomic E-state index is 12.5. The Bertz CT molecular complexity index is 785. The highest BCUT2D eigenvalue weighted by atomic mass is 32.2. The van der Waals surface area contributed by atoms with Crippen LogP contribution < -0.4 is 5.32 Å². The third-order valence-electron chi connectivity index (χ3n) is 3.99. The van der Waals surface area contributed by atoms with Crippen LogP contribution in [0.2, 0.25) is 0 Å². The average molecular weight is 364 g/mol. The van der Waals surface area contributed by atoms with Crippen molar-refractivity contribution < 1.29 is 17.7 Å². The molecule has 1 fully saturated rings. The molecule has 2 heterocycles. The first-order valence-electron chi connectivity index (χ1n) is 7.97. The third-order valence-corrected chi connectivity index (χ3v) is 5.84. The molecule has 0 bridgehead atoms. The number of amides is 1. The van der Waals surface area contributed by atoms with E-state index < -0.39 is 10.0 Å². The van der Waals surface area contributed by atoms with Crippen molar-refractivity contribution in [1.29, 1.82) is 0 Å². The van der Waals surface area contributed by atoms with Gasteiger partial charge in [0.05, 0.1) is 12.3 Å². The fraction of sp³-hybridized carbons (Fsp3) is 0.375. The zero-order valence-electron chi connectivity index (χ0n) is 13.7. The fourth-order valence-corrected chi connectivity index (χ4v) is 4.22. The smallest absolute Gasteiger partial charge is 0.239 e. The van der Waals surface area contributed by atoms with E-state index in [9.17, 15) is 13.2 Å². The molecule has 0 radical (unpaired) electrons. The van der Waals surface area contributed by atoms with Gasteiger partial charge in [-0.05, 0) is 5.56 Å². The monoisotopic (exact) mass is 364 g/mol. The van der Waals surface area contributed by atoms with Gasteiger partial charge in [0.15, 0.2) is 5.82 Å². The summed E-state index contributed by atoms with van der Waals surface area (Å²) in [5.41, 5.74) is 0.775. The zero-order chi connectivity index (χ0) is 17.7. The number of sulfonamides is 1. The Kier molecular flexibility index (Phi) is 5.47. The summed E-state index contributed by atoms with van der Waals surface area (Å²) in [6.45, 7) is 1.98. The Morgan fingerprint density at radius 3 is 2.48 bits per heavy atom. The quantitative estimate of drug-likeness (QED) is 0.813. The number of piperazine rings is 1. The Balaban J connectivity index is 1.48. The van der Waals surface area contributed by atoms with E-state index in [2.05, 4.69) is 15.0 Å². The van der Waals surface area contributed by atoms with Gasteiger partial charge < -0.3 is 9.84 Å². The number of nitrogens with one attached hydrogen (secondary N) is 1. The Morgan fingerprint density at radius 1 is 1.12 bits per heavy atom. The van der Waals surface area contributed by atoms with Crippen molar-refractivity contribution in [3.05, 3.63) is 48.2 Å². The molecule has 2 aromatic rings. The van der Waals surface area contributed by atoms with Crippen LogP contribution in [-0.4, -0.2) is 61.4 Å². The first kappa shape index (κ1) is 17.6. The van der Waals surface area contributed by atoms with Gasteiger partial charge >= 0.3 is 0 Å². The number of hydrogen-bond donors (Lipinski definition) is 1. The zero-order valence-corrected chi connectivity index (χ0v) is 14.5. The number of nitrogens with zero attached hydrogens (tertiary/aromatic N) is 3. The molecule has 25 heavy (non-hydrogen) atoms. The number of rotatable bonds is 6. The molecule has 1 aliphatic rings. The summed E-state index contributed by atoms with van der Waals surface area (Å²) in [4.78, 5) is 13.9. The Hall–Kier alpha value is -2.23. The SMILES string of the molecule is O=C(CN1CCN(S(=O)(=O)Cc2ccccc2)CC1)Nc1ccon1. The third kappa shape index (κ3) is 4.88. The summed E-state index contributed by atoms with van der Waals surface area (Å²) in [7, 11) is -3.35. The molecular formula is C16H20N4O4S. The summed E-state index contributed by atoms with van der Waals surface area (Å²) in [6, 6.07) is 10.7. The van der Waals surface area contributed by atoms with Gasteiger partial charge in [-0.3, -0.25) is 9.69 Å². The molecule has 0 spiro atoms. The van der Waals surface area contributed by atoms with Gasteiger partial charge in [-0.15, -0.1) is 0 Å². The van der Waals surface area contributed by atoms with E-state index in [0.29, 0.717) is 32.0 Å². The maximum atomic E-state index is 12.5. The average Bonchev–Trinajstić information content (AvgIpc) is 3.08. The first-order valence-corrected chi connectivity index (χ1v) is 9.58. The normalized spacial score (nSPS) is 16.6. The molecule has 0 aliphatic carbocycles. The van der Waals surface area contributed by atoms with Crippen LogP contribution in [0.5, 0.6) is 0 Å². The van der Waals surface area contributed by atoms with Crippen molar-refractivity contribution >= 4 is 21.7 Å². The Labute approximate surface area is 146 Å². The lowest BCUT2D eigenvalue weighted by Gasteiger charge is -2.33. The number of aromatic nitrogens is 1. The largest absolute Gasteiger partial charge is 0.363 e. The second kappa shape index (κ2) is 7.77. The molecule has 8 nitrogen and oxygen atoms in total. The highest BCUT2D eigenvalue weighted by Gasteiger charge is 2.27. The molecule has 1 aliphatic heterocycles. The minimum absolute atomic E-state index is 0.000481. The molecule has 1 saturated heterocycles. The van der Waals surface area contributed by atoms with E-state index in [0.717, 1.165) is 5.56 Å². The summed E-state index contributed by atoms with van der Waals surface area (Å²) in [5.74, 6) is 0.170. The van der Waals surface area contributed by atoms with Gasteiger partial charge in [0.1, 0.15) is 6.26 Å². The maximum Gasteiger partial charge on any atom is 0.239 e. The molecule has 1 aromatic heterocycles. The van der Waals surface area contributed by atoms with Gasteiger partial charge in [-0.2, -0.15) is 4.31 Å². The van der Waals surface area contributed by atoms with Crippen LogP contribution in [0.25, 0.3) is 0 Å². The summed E-state index contributed by atoms with van der Waals surface area (Å²) in [5, 5.41) is 6.25. The van der Waals surface area contributed by atoms with Crippen molar-refractivity contribution in [2.24, 2.45) is 0 Å². The van der Waals surface area contributed by atoms with Crippen LogP contribution in [0.1, 0.15) is 5.56 Å². The molecule has 0 saturated carbocycles. The van der Waals surface area contributed by atoms with Gasteiger partial charge in [0.25, 0.3) is 0 Å². The van der Waals surface area contributed by atoms with Crippen molar-refractivity contribution in [3.8, 4) is 0 Å². The van der Waals surface area contributed by atoms with E-state index in [-0.39, 0.29) is 18.2 Å². The van der Waals surface area contributed by atoms with E-state index >= 15 is 0 Å². The summed E-state index contributed by atoms with van der Waals surface area (Å²) >= 11 is 0. The van der Waals surface area contributed by atoms with Crippen molar-refractivity contribution in [2.75, 3.05) is 38.0 Å². The number of carbonyl (C=O) groups excluding carboxylic acids is 1. The summed E-state index contributed by atoms with van der Waals surface area (Å²) in [6.07, 6.45) is 1.38. The van der Waals surface area contributed by atoms with Gasteiger partial charge in [0, 0.05) is 32.2 Å². The number of anilines is 1. The van der Waals surface area contributed by atoms with Gasteiger partial charge in [-0.25, -0.2) is 8.42 Å².